The van der Waals surface area contributed by atoms with Crippen molar-refractivity contribution in [2.24, 2.45) is 7.05 Å². The second-order valence-electron chi connectivity index (χ2n) is 3.72. The number of halogens is 1. The summed E-state index contributed by atoms with van der Waals surface area (Å²) >= 11 is 6.01. The molecule has 1 N–H and O–H groups in total. The molecule has 80 valence electrons. The molecule has 0 radical (unpaired) electrons. The van der Waals surface area contributed by atoms with E-state index in [9.17, 15) is 0 Å². The molecule has 0 saturated carbocycles. The Kier molecular flexibility index (Phi) is 2.01. The van der Waals surface area contributed by atoms with Crippen molar-refractivity contribution in [3.63, 3.8) is 0 Å². The van der Waals surface area contributed by atoms with E-state index in [0.29, 0.717) is 0 Å². The van der Waals surface area contributed by atoms with Gasteiger partial charge in [-0.15, -0.1) is 0 Å². The normalized spacial score (nSPS) is 11.1. The number of hydrogen-bond acceptors (Lipinski definition) is 1. The number of benzene rings is 1. The van der Waals surface area contributed by atoms with Crippen LogP contribution >= 0.6 is 11.6 Å². The van der Waals surface area contributed by atoms with Crippen LogP contribution in [0.5, 0.6) is 0 Å². The molecule has 0 aliphatic carbocycles. The third-order valence-electron chi connectivity index (χ3n) is 2.65. The zero-order chi connectivity index (χ0) is 11.1. The Morgan fingerprint density at radius 3 is 2.94 bits per heavy atom. The minimum absolute atomic E-state index is 0.730. The number of hydrogen-bond donors (Lipinski definition) is 1. The fourth-order valence-corrected chi connectivity index (χ4v) is 2.14. The van der Waals surface area contributed by atoms with Gasteiger partial charge in [0, 0.05) is 23.7 Å². The molecular weight excluding hydrogens is 222 g/mol. The summed E-state index contributed by atoms with van der Waals surface area (Å²) in [6, 6.07) is 9.73. The van der Waals surface area contributed by atoms with Gasteiger partial charge in [-0.2, -0.15) is 5.10 Å². The van der Waals surface area contributed by atoms with Crippen molar-refractivity contribution in [3.8, 4) is 11.4 Å². The molecule has 0 saturated heterocycles. The van der Waals surface area contributed by atoms with E-state index < -0.39 is 0 Å². The van der Waals surface area contributed by atoms with Crippen molar-refractivity contribution in [2.75, 3.05) is 0 Å². The van der Waals surface area contributed by atoms with E-state index in [1.165, 1.54) is 0 Å². The summed E-state index contributed by atoms with van der Waals surface area (Å²) in [4.78, 5) is 3.19. The number of nitrogens with zero attached hydrogens (tertiary/aromatic N) is 2. The Morgan fingerprint density at radius 2 is 2.19 bits per heavy atom. The lowest BCUT2D eigenvalue weighted by Crippen LogP contribution is -1.93. The van der Waals surface area contributed by atoms with Crippen molar-refractivity contribution in [2.45, 2.75) is 0 Å². The number of H-pyrrole nitrogens is 1. The Morgan fingerprint density at radius 1 is 1.31 bits per heavy atom. The number of aryl methyl sites for hydroxylation is 1. The number of nitrogens with one attached hydrogen (secondary N) is 1. The van der Waals surface area contributed by atoms with Crippen LogP contribution in [0.3, 0.4) is 0 Å². The highest BCUT2D eigenvalue weighted by atomic mass is 35.5. The molecule has 1 aromatic carbocycles. The second kappa shape index (κ2) is 3.39. The minimum Gasteiger partial charge on any atom is -0.360 e. The van der Waals surface area contributed by atoms with Crippen LogP contribution in [0.1, 0.15) is 0 Å². The second-order valence-corrected chi connectivity index (χ2v) is 4.15. The van der Waals surface area contributed by atoms with Crippen LogP contribution in [0.15, 0.2) is 36.5 Å². The molecule has 3 rings (SSSR count). The van der Waals surface area contributed by atoms with Gasteiger partial charge in [-0.05, 0) is 30.3 Å². The van der Waals surface area contributed by atoms with Crippen LogP contribution in [-0.2, 0) is 7.05 Å². The van der Waals surface area contributed by atoms with Crippen molar-refractivity contribution in [3.05, 3.63) is 41.6 Å². The predicted molar refractivity (Wildman–Crippen MR) is 65.5 cm³/mol. The highest BCUT2D eigenvalue weighted by Gasteiger charge is 2.11. The van der Waals surface area contributed by atoms with E-state index in [1.54, 1.807) is 0 Å². The number of fused-ring (bicyclic) bond motifs is 1. The molecule has 0 bridgehead atoms. The molecule has 0 amide bonds. The average molecular weight is 232 g/mol. The maximum atomic E-state index is 6.01. The summed E-state index contributed by atoms with van der Waals surface area (Å²) in [5.74, 6) is 0. The molecule has 0 atom stereocenters. The fourth-order valence-electron chi connectivity index (χ4n) is 1.97. The minimum atomic E-state index is 0.730. The monoisotopic (exact) mass is 231 g/mol. The molecule has 3 nitrogen and oxygen atoms in total. The third kappa shape index (κ3) is 1.32. The van der Waals surface area contributed by atoms with E-state index in [4.69, 9.17) is 11.6 Å². The molecule has 2 heterocycles. The Labute approximate surface area is 97.7 Å². The first-order chi connectivity index (χ1) is 7.75. The number of aromatic amines is 1. The fraction of sp³-hybridized carbons (Fsp3) is 0.0833. The maximum absolute atomic E-state index is 6.01. The van der Waals surface area contributed by atoms with E-state index in [1.807, 2.05) is 48.3 Å². The highest BCUT2D eigenvalue weighted by Crippen LogP contribution is 2.28. The van der Waals surface area contributed by atoms with Crippen molar-refractivity contribution < 1.29 is 0 Å². The maximum Gasteiger partial charge on any atom is 0.0931 e. The van der Waals surface area contributed by atoms with Crippen LogP contribution < -0.4 is 0 Å². The quantitative estimate of drug-likeness (QED) is 0.686. The van der Waals surface area contributed by atoms with Crippen molar-refractivity contribution in [1.29, 1.82) is 0 Å². The van der Waals surface area contributed by atoms with E-state index in [2.05, 4.69) is 10.1 Å². The zero-order valence-corrected chi connectivity index (χ0v) is 9.49. The molecule has 3 aromatic rings. The molecular formula is C12H10ClN3. The first kappa shape index (κ1) is 9.48. The standard InChI is InChI=1S/C12H10ClN3/c1-16-12(11-3-2-6-14-11)9-7-8(13)4-5-10(9)15-16/h2-7,14H,1H3. The highest BCUT2D eigenvalue weighted by molar-refractivity contribution is 6.31. The molecule has 0 unspecified atom stereocenters. The van der Waals surface area contributed by atoms with Gasteiger partial charge in [0.15, 0.2) is 0 Å². The van der Waals surface area contributed by atoms with Gasteiger partial charge in [0.1, 0.15) is 0 Å². The van der Waals surface area contributed by atoms with Crippen molar-refractivity contribution >= 4 is 22.5 Å². The Bertz CT molecular complexity index is 638. The molecule has 0 aliphatic rings. The summed E-state index contributed by atoms with van der Waals surface area (Å²) in [7, 11) is 1.93. The Hall–Kier alpha value is -1.74. The van der Waals surface area contributed by atoms with Gasteiger partial charge in [0.25, 0.3) is 0 Å². The summed E-state index contributed by atoms with van der Waals surface area (Å²) in [5, 5.41) is 6.25. The van der Waals surface area contributed by atoms with Crippen LogP contribution in [0.2, 0.25) is 5.02 Å². The summed E-state index contributed by atoms with van der Waals surface area (Å²) in [6.45, 7) is 0. The first-order valence-electron chi connectivity index (χ1n) is 5.02. The predicted octanol–water partition coefficient (Wildman–Crippen LogP) is 3.22. The van der Waals surface area contributed by atoms with Gasteiger partial charge in [-0.3, -0.25) is 4.68 Å². The lowest BCUT2D eigenvalue weighted by Gasteiger charge is -1.99. The molecule has 4 heteroatoms. The third-order valence-corrected chi connectivity index (χ3v) is 2.88. The molecule has 0 spiro atoms. The topological polar surface area (TPSA) is 33.6 Å². The van der Waals surface area contributed by atoms with Gasteiger partial charge in [0.2, 0.25) is 0 Å². The van der Waals surface area contributed by atoms with E-state index >= 15 is 0 Å². The zero-order valence-electron chi connectivity index (χ0n) is 8.74. The Balaban J connectivity index is 2.38. The largest absolute Gasteiger partial charge is 0.360 e. The summed E-state index contributed by atoms with van der Waals surface area (Å²) in [5.41, 5.74) is 3.06. The SMILES string of the molecule is Cn1nc2ccc(Cl)cc2c1-c1ccc[nH]1. The van der Waals surface area contributed by atoms with Gasteiger partial charge >= 0.3 is 0 Å². The molecule has 2 aromatic heterocycles. The van der Waals surface area contributed by atoms with Crippen LogP contribution in [0, 0.1) is 0 Å². The lowest BCUT2D eigenvalue weighted by molar-refractivity contribution is 0.786. The van der Waals surface area contributed by atoms with Crippen LogP contribution in [0.25, 0.3) is 22.3 Å². The van der Waals surface area contributed by atoms with Gasteiger partial charge in [0.05, 0.1) is 16.9 Å². The van der Waals surface area contributed by atoms with Gasteiger partial charge in [-0.25, -0.2) is 0 Å². The van der Waals surface area contributed by atoms with Gasteiger partial charge in [-0.1, -0.05) is 11.6 Å². The summed E-state index contributed by atoms with van der Waals surface area (Å²) < 4.78 is 1.87. The van der Waals surface area contributed by atoms with Crippen LogP contribution in [-0.4, -0.2) is 14.8 Å². The van der Waals surface area contributed by atoms with E-state index in [-0.39, 0.29) is 0 Å². The number of rotatable bonds is 1. The summed E-state index contributed by atoms with van der Waals surface area (Å²) in [6.07, 6.45) is 1.90. The lowest BCUT2D eigenvalue weighted by atomic mass is 10.2. The smallest absolute Gasteiger partial charge is 0.0931 e. The van der Waals surface area contributed by atoms with Gasteiger partial charge < -0.3 is 4.98 Å². The van der Waals surface area contributed by atoms with E-state index in [0.717, 1.165) is 27.3 Å². The number of aromatic nitrogens is 3. The first-order valence-corrected chi connectivity index (χ1v) is 5.39. The van der Waals surface area contributed by atoms with Crippen molar-refractivity contribution in [1.82, 2.24) is 14.8 Å². The van der Waals surface area contributed by atoms with Crippen LogP contribution in [0.4, 0.5) is 0 Å². The average Bonchev–Trinajstić information content (AvgIpc) is 2.83. The molecule has 0 fully saturated rings. The molecule has 0 aliphatic heterocycles. The molecule has 16 heavy (non-hydrogen) atoms.